The van der Waals surface area contributed by atoms with Crippen molar-refractivity contribution in [2.45, 2.75) is 12.3 Å². The van der Waals surface area contributed by atoms with Crippen LogP contribution in [0.2, 0.25) is 0 Å². The van der Waals surface area contributed by atoms with E-state index in [4.69, 9.17) is 18.9 Å². The normalized spacial score (nSPS) is 18.9. The fourth-order valence-corrected chi connectivity index (χ4v) is 2.30. The molecule has 1 aliphatic heterocycles. The topological polar surface area (TPSA) is 61.3 Å². The van der Waals surface area contributed by atoms with Crippen LogP contribution in [0.15, 0.2) is 35.3 Å². The summed E-state index contributed by atoms with van der Waals surface area (Å²) in [6.07, 6.45) is -2.81. The van der Waals surface area contributed by atoms with E-state index < -0.39 is 12.8 Å². The van der Waals surface area contributed by atoms with E-state index in [1.807, 2.05) is 0 Å². The van der Waals surface area contributed by atoms with E-state index in [1.165, 1.54) is 12.1 Å². The zero-order chi connectivity index (χ0) is 19.7. The molecule has 1 aromatic rings. The molecular formula is C18H23F3N2O4. The highest BCUT2D eigenvalue weighted by molar-refractivity contribution is 5.94. The summed E-state index contributed by atoms with van der Waals surface area (Å²) in [4.78, 5) is 4.09. The van der Waals surface area contributed by atoms with Gasteiger partial charge in [-0.2, -0.15) is 13.2 Å². The van der Waals surface area contributed by atoms with Crippen molar-refractivity contribution in [3.63, 3.8) is 0 Å². The molecule has 0 saturated carbocycles. The van der Waals surface area contributed by atoms with Crippen LogP contribution in [0.4, 0.5) is 13.2 Å². The van der Waals surface area contributed by atoms with Crippen LogP contribution in [0.5, 0.6) is 5.75 Å². The van der Waals surface area contributed by atoms with Crippen molar-refractivity contribution < 1.29 is 32.1 Å². The molecule has 150 valence electrons. The van der Waals surface area contributed by atoms with Crippen molar-refractivity contribution in [2.24, 2.45) is 4.99 Å². The minimum atomic E-state index is -4.37. The molecule has 0 radical (unpaired) electrons. The smallest absolute Gasteiger partial charge is 0.422 e. The largest absolute Gasteiger partial charge is 0.484 e. The highest BCUT2D eigenvalue weighted by Crippen LogP contribution is 2.21. The molecule has 1 aliphatic rings. The molecule has 1 saturated heterocycles. The number of aliphatic imine (C=N–C) groups is 1. The zero-order valence-electron chi connectivity index (χ0n) is 15.2. The Kier molecular flexibility index (Phi) is 7.93. The van der Waals surface area contributed by atoms with Gasteiger partial charge in [0.2, 0.25) is 5.90 Å². The standard InChI is InChI=1S/C18H23F3N2O4/c1-22-16(9-17(23-2)26-11-15-10-24-7-8-25-15)13-3-5-14(6-4-13)27-12-18(19,20)21/h3-6,9,15,22H,7-8,10-12H2,1-2H3/b16-9-,23-17?. The summed E-state index contributed by atoms with van der Waals surface area (Å²) in [6.45, 7) is 0.572. The lowest BCUT2D eigenvalue weighted by Crippen LogP contribution is -2.33. The number of ether oxygens (including phenoxy) is 4. The Hall–Kier alpha value is -2.26. The van der Waals surface area contributed by atoms with Crippen LogP contribution < -0.4 is 10.1 Å². The van der Waals surface area contributed by atoms with Gasteiger partial charge in [-0.15, -0.1) is 0 Å². The predicted molar refractivity (Wildman–Crippen MR) is 94.9 cm³/mol. The average Bonchev–Trinajstić information content (AvgIpc) is 2.67. The van der Waals surface area contributed by atoms with Gasteiger partial charge in [0.05, 0.1) is 19.8 Å². The first-order valence-electron chi connectivity index (χ1n) is 8.39. The van der Waals surface area contributed by atoms with E-state index in [0.29, 0.717) is 38.0 Å². The molecule has 1 N–H and O–H groups in total. The second kappa shape index (κ2) is 10.2. The maximum atomic E-state index is 12.2. The van der Waals surface area contributed by atoms with Gasteiger partial charge in [-0.1, -0.05) is 0 Å². The van der Waals surface area contributed by atoms with E-state index >= 15 is 0 Å². The molecule has 9 heteroatoms. The van der Waals surface area contributed by atoms with Crippen molar-refractivity contribution >= 4 is 11.6 Å². The SMILES string of the molecule is CN=C(/C=C(\NC)c1ccc(OCC(F)(F)F)cc1)OCC1COCCO1. The van der Waals surface area contributed by atoms with E-state index in [1.54, 1.807) is 32.3 Å². The third-order valence-corrected chi connectivity index (χ3v) is 3.63. The number of halogens is 3. The Morgan fingerprint density at radius 2 is 2.04 bits per heavy atom. The Labute approximate surface area is 156 Å². The monoisotopic (exact) mass is 388 g/mol. The van der Waals surface area contributed by atoms with E-state index in [-0.39, 0.29) is 11.9 Å². The van der Waals surface area contributed by atoms with Crippen molar-refractivity contribution in [1.82, 2.24) is 5.32 Å². The Bertz CT molecular complexity index is 639. The van der Waals surface area contributed by atoms with Gasteiger partial charge >= 0.3 is 6.18 Å². The number of hydrogen-bond donors (Lipinski definition) is 1. The molecular weight excluding hydrogens is 365 g/mol. The summed E-state index contributed by atoms with van der Waals surface area (Å²) in [7, 11) is 3.33. The Balaban J connectivity index is 1.98. The first kappa shape index (κ1) is 21.0. The second-order valence-electron chi connectivity index (χ2n) is 5.68. The molecule has 1 heterocycles. The number of rotatable bonds is 7. The molecule has 1 unspecified atom stereocenters. The van der Waals surface area contributed by atoms with Gasteiger partial charge in [0, 0.05) is 25.9 Å². The molecule has 6 nitrogen and oxygen atoms in total. The molecule has 0 spiro atoms. The third kappa shape index (κ3) is 7.48. The van der Waals surface area contributed by atoms with E-state index in [9.17, 15) is 13.2 Å². The van der Waals surface area contributed by atoms with Crippen LogP contribution in [-0.4, -0.2) is 65.3 Å². The molecule has 1 fully saturated rings. The number of nitrogens with zero attached hydrogens (tertiary/aromatic N) is 1. The lowest BCUT2D eigenvalue weighted by atomic mass is 10.1. The van der Waals surface area contributed by atoms with Crippen LogP contribution >= 0.6 is 0 Å². The Morgan fingerprint density at radius 3 is 2.59 bits per heavy atom. The summed E-state index contributed by atoms with van der Waals surface area (Å²) >= 11 is 0. The van der Waals surface area contributed by atoms with Gasteiger partial charge in [-0.3, -0.25) is 4.99 Å². The van der Waals surface area contributed by atoms with Crippen molar-refractivity contribution in [2.75, 3.05) is 47.1 Å². The van der Waals surface area contributed by atoms with Gasteiger partial charge in [-0.05, 0) is 29.8 Å². The van der Waals surface area contributed by atoms with Gasteiger partial charge in [0.25, 0.3) is 0 Å². The predicted octanol–water partition coefficient (Wildman–Crippen LogP) is 2.65. The van der Waals surface area contributed by atoms with Gasteiger partial charge in [0.15, 0.2) is 6.61 Å². The van der Waals surface area contributed by atoms with E-state index in [0.717, 1.165) is 5.56 Å². The first-order valence-corrected chi connectivity index (χ1v) is 8.39. The lowest BCUT2D eigenvalue weighted by Gasteiger charge is -2.23. The van der Waals surface area contributed by atoms with Crippen LogP contribution in [0.25, 0.3) is 5.70 Å². The van der Waals surface area contributed by atoms with Crippen LogP contribution in [0.1, 0.15) is 5.56 Å². The van der Waals surface area contributed by atoms with Gasteiger partial charge < -0.3 is 24.3 Å². The van der Waals surface area contributed by atoms with Crippen molar-refractivity contribution in [3.8, 4) is 5.75 Å². The molecule has 2 rings (SSSR count). The van der Waals surface area contributed by atoms with Gasteiger partial charge in [0.1, 0.15) is 18.5 Å². The summed E-state index contributed by atoms with van der Waals surface area (Å²) in [5.74, 6) is 0.535. The maximum absolute atomic E-state index is 12.2. The fourth-order valence-electron chi connectivity index (χ4n) is 2.30. The molecule has 1 aromatic carbocycles. The highest BCUT2D eigenvalue weighted by Gasteiger charge is 2.28. The van der Waals surface area contributed by atoms with Crippen LogP contribution in [0.3, 0.4) is 0 Å². The molecule has 0 aliphatic carbocycles. The molecule has 27 heavy (non-hydrogen) atoms. The van der Waals surface area contributed by atoms with Gasteiger partial charge in [-0.25, -0.2) is 0 Å². The van der Waals surface area contributed by atoms with E-state index in [2.05, 4.69) is 10.3 Å². The summed E-state index contributed by atoms with van der Waals surface area (Å²) in [5, 5.41) is 3.02. The molecule has 0 aromatic heterocycles. The van der Waals surface area contributed by atoms with Crippen LogP contribution in [0, 0.1) is 0 Å². The molecule has 1 atom stereocenters. The summed E-state index contributed by atoms with van der Waals surface area (Å²) in [6, 6.07) is 6.25. The third-order valence-electron chi connectivity index (χ3n) is 3.63. The number of hydrogen-bond acceptors (Lipinski definition) is 6. The lowest BCUT2D eigenvalue weighted by molar-refractivity contribution is -0.153. The first-order chi connectivity index (χ1) is 12.9. The van der Waals surface area contributed by atoms with Crippen molar-refractivity contribution in [3.05, 3.63) is 35.9 Å². The second-order valence-corrected chi connectivity index (χ2v) is 5.68. The Morgan fingerprint density at radius 1 is 1.30 bits per heavy atom. The molecule has 0 amide bonds. The maximum Gasteiger partial charge on any atom is 0.422 e. The number of benzene rings is 1. The average molecular weight is 388 g/mol. The highest BCUT2D eigenvalue weighted by atomic mass is 19.4. The fraction of sp³-hybridized carbons (Fsp3) is 0.500. The van der Waals surface area contributed by atoms with Crippen LogP contribution in [-0.2, 0) is 14.2 Å². The quantitative estimate of drug-likeness (QED) is 0.575. The minimum Gasteiger partial charge on any atom is -0.484 e. The van der Waals surface area contributed by atoms with Crippen molar-refractivity contribution in [1.29, 1.82) is 0 Å². The molecule has 0 bridgehead atoms. The number of alkyl halides is 3. The summed E-state index contributed by atoms with van der Waals surface area (Å²) in [5.41, 5.74) is 1.44. The zero-order valence-corrected chi connectivity index (χ0v) is 15.2. The minimum absolute atomic E-state index is 0.140. The number of nitrogens with one attached hydrogen (secondary N) is 1. The summed E-state index contributed by atoms with van der Waals surface area (Å²) < 4.78 is 57.8.